The van der Waals surface area contributed by atoms with Crippen LogP contribution < -0.4 is 10.0 Å². The summed E-state index contributed by atoms with van der Waals surface area (Å²) >= 11 is 5.85. The van der Waals surface area contributed by atoms with Crippen molar-refractivity contribution in [3.63, 3.8) is 0 Å². The Morgan fingerprint density at radius 1 is 1.35 bits per heavy atom. The summed E-state index contributed by atoms with van der Waals surface area (Å²) in [5, 5.41) is 13.8. The van der Waals surface area contributed by atoms with Gasteiger partial charge in [-0.2, -0.15) is 0 Å². The fraction of sp³-hybridized carbons (Fsp3) is 0.455. The maximum atomic E-state index is 12.0. The van der Waals surface area contributed by atoms with Crippen molar-refractivity contribution in [2.45, 2.75) is 18.2 Å². The number of benzene rings is 1. The van der Waals surface area contributed by atoms with Gasteiger partial charge in [0.1, 0.15) is 0 Å². The summed E-state index contributed by atoms with van der Waals surface area (Å²) < 4.78 is 26.4. The van der Waals surface area contributed by atoms with Crippen LogP contribution in [0.3, 0.4) is 0 Å². The van der Waals surface area contributed by atoms with E-state index >= 15 is 0 Å². The fourth-order valence-corrected chi connectivity index (χ4v) is 2.94. The Bertz CT molecular complexity index is 604. The Kier molecular flexibility index (Phi) is 5.88. The molecule has 2 N–H and O–H groups in total. The van der Waals surface area contributed by atoms with E-state index in [9.17, 15) is 18.5 Å². The number of halogens is 1. The lowest BCUT2D eigenvalue weighted by atomic mass is 10.2. The number of hydrogen-bond acceptors (Lipinski definition) is 5. The number of nitrogens with one attached hydrogen (secondary N) is 2. The van der Waals surface area contributed by atoms with E-state index < -0.39 is 14.9 Å². The molecule has 0 fully saturated rings. The lowest BCUT2D eigenvalue weighted by molar-refractivity contribution is -0.385. The molecule has 0 amide bonds. The van der Waals surface area contributed by atoms with E-state index in [0.29, 0.717) is 13.0 Å². The van der Waals surface area contributed by atoms with Crippen LogP contribution in [0.15, 0.2) is 17.0 Å². The Hall–Kier alpha value is -1.22. The first-order valence-electron chi connectivity index (χ1n) is 5.88. The van der Waals surface area contributed by atoms with Gasteiger partial charge in [-0.1, -0.05) is 11.6 Å². The molecule has 1 aromatic carbocycles. The quantitative estimate of drug-likeness (QED) is 0.449. The molecule has 20 heavy (non-hydrogen) atoms. The van der Waals surface area contributed by atoms with Gasteiger partial charge in [-0.3, -0.25) is 10.1 Å². The molecule has 0 radical (unpaired) electrons. The minimum absolute atomic E-state index is 0.0507. The van der Waals surface area contributed by atoms with Gasteiger partial charge in [0.15, 0.2) is 0 Å². The minimum Gasteiger partial charge on any atom is -0.320 e. The summed E-state index contributed by atoms with van der Waals surface area (Å²) in [5.74, 6) is 0. The summed E-state index contributed by atoms with van der Waals surface area (Å²) in [7, 11) is -2.04. The van der Waals surface area contributed by atoms with Crippen molar-refractivity contribution in [3.8, 4) is 0 Å². The molecule has 1 aromatic rings. The van der Waals surface area contributed by atoms with Crippen molar-refractivity contribution in [2.75, 3.05) is 20.1 Å². The lowest BCUT2D eigenvalue weighted by Gasteiger charge is -2.08. The van der Waals surface area contributed by atoms with Gasteiger partial charge in [-0.25, -0.2) is 13.1 Å². The first-order chi connectivity index (χ1) is 9.29. The molecular formula is C11H16ClN3O4S. The normalized spacial score (nSPS) is 11.6. The Labute approximate surface area is 122 Å². The molecule has 0 spiro atoms. The molecule has 0 heterocycles. The van der Waals surface area contributed by atoms with E-state index in [4.69, 9.17) is 11.6 Å². The number of nitro benzene ring substituents is 1. The second kappa shape index (κ2) is 6.98. The monoisotopic (exact) mass is 321 g/mol. The maximum Gasteiger partial charge on any atom is 0.275 e. The van der Waals surface area contributed by atoms with Gasteiger partial charge in [0.05, 0.1) is 14.8 Å². The van der Waals surface area contributed by atoms with Crippen molar-refractivity contribution in [3.05, 3.63) is 32.8 Å². The van der Waals surface area contributed by atoms with Crippen molar-refractivity contribution < 1.29 is 13.3 Å². The van der Waals surface area contributed by atoms with Crippen LogP contribution in [0.1, 0.15) is 12.0 Å². The molecule has 0 bridgehead atoms. The standard InChI is InChI=1S/C11H16ClN3O4S/c1-8-10(12)6-9(7-11(8)15(16)17)20(18,19)14-5-3-4-13-2/h6-7,13-14H,3-5H2,1-2H3. The highest BCUT2D eigenvalue weighted by molar-refractivity contribution is 7.89. The van der Waals surface area contributed by atoms with Crippen LogP contribution >= 0.6 is 11.6 Å². The van der Waals surface area contributed by atoms with E-state index in [1.807, 2.05) is 0 Å². The number of hydrogen-bond donors (Lipinski definition) is 2. The summed E-state index contributed by atoms with van der Waals surface area (Å²) in [6.07, 6.45) is 0.609. The van der Waals surface area contributed by atoms with Crippen LogP contribution in [-0.4, -0.2) is 33.5 Å². The highest BCUT2D eigenvalue weighted by Crippen LogP contribution is 2.29. The third-order valence-corrected chi connectivity index (χ3v) is 4.53. The van der Waals surface area contributed by atoms with Crippen LogP contribution in [0, 0.1) is 17.0 Å². The van der Waals surface area contributed by atoms with E-state index in [1.165, 1.54) is 13.0 Å². The predicted octanol–water partition coefficient (Wildman–Crippen LogP) is 1.44. The third kappa shape index (κ3) is 4.14. The third-order valence-electron chi connectivity index (χ3n) is 2.69. The Morgan fingerprint density at radius 2 is 2.00 bits per heavy atom. The van der Waals surface area contributed by atoms with Gasteiger partial charge in [-0.15, -0.1) is 0 Å². The molecule has 0 aliphatic carbocycles. The molecule has 0 aliphatic rings. The van der Waals surface area contributed by atoms with Crippen LogP contribution in [0.4, 0.5) is 5.69 Å². The average Bonchev–Trinajstić information content (AvgIpc) is 2.37. The number of nitrogens with zero attached hydrogens (tertiary/aromatic N) is 1. The fourth-order valence-electron chi connectivity index (χ4n) is 1.54. The van der Waals surface area contributed by atoms with Crippen molar-refractivity contribution in [1.82, 2.24) is 10.0 Å². The van der Waals surface area contributed by atoms with Crippen LogP contribution in [0.5, 0.6) is 0 Å². The van der Waals surface area contributed by atoms with Crippen molar-refractivity contribution in [2.24, 2.45) is 0 Å². The summed E-state index contributed by atoms with van der Waals surface area (Å²) in [6.45, 7) is 2.37. The van der Waals surface area contributed by atoms with Gasteiger partial charge in [0.25, 0.3) is 5.69 Å². The second-order valence-corrected chi connectivity index (χ2v) is 6.34. The Balaban J connectivity index is 3.04. The molecular weight excluding hydrogens is 306 g/mol. The topological polar surface area (TPSA) is 101 Å². The van der Waals surface area contributed by atoms with Gasteiger partial charge in [-0.05, 0) is 33.0 Å². The van der Waals surface area contributed by atoms with Gasteiger partial charge >= 0.3 is 0 Å². The largest absolute Gasteiger partial charge is 0.320 e. The molecule has 7 nitrogen and oxygen atoms in total. The SMILES string of the molecule is CNCCCNS(=O)(=O)c1cc(Cl)c(C)c([N+](=O)[O-])c1. The van der Waals surface area contributed by atoms with E-state index in [2.05, 4.69) is 10.0 Å². The smallest absolute Gasteiger partial charge is 0.275 e. The second-order valence-electron chi connectivity index (χ2n) is 4.16. The van der Waals surface area contributed by atoms with Gasteiger partial charge < -0.3 is 5.32 Å². The molecule has 0 saturated heterocycles. The highest BCUT2D eigenvalue weighted by atomic mass is 35.5. The molecule has 0 aromatic heterocycles. The zero-order chi connectivity index (χ0) is 15.3. The summed E-state index contributed by atoms with van der Waals surface area (Å²) in [6, 6.07) is 2.23. The summed E-state index contributed by atoms with van der Waals surface area (Å²) in [4.78, 5) is 10.0. The van der Waals surface area contributed by atoms with Crippen molar-refractivity contribution >= 4 is 27.3 Å². The van der Waals surface area contributed by atoms with Crippen LogP contribution in [0.25, 0.3) is 0 Å². The van der Waals surface area contributed by atoms with Crippen LogP contribution in [-0.2, 0) is 10.0 Å². The average molecular weight is 322 g/mol. The summed E-state index contributed by atoms with van der Waals surface area (Å²) in [5.41, 5.74) is -0.0705. The molecule has 1 rings (SSSR count). The first kappa shape index (κ1) is 16.8. The lowest BCUT2D eigenvalue weighted by Crippen LogP contribution is -2.27. The van der Waals surface area contributed by atoms with Gasteiger partial charge in [0.2, 0.25) is 10.0 Å². The number of nitro groups is 1. The molecule has 0 unspecified atom stereocenters. The maximum absolute atomic E-state index is 12.0. The van der Waals surface area contributed by atoms with Crippen molar-refractivity contribution in [1.29, 1.82) is 0 Å². The van der Waals surface area contributed by atoms with Crippen LogP contribution in [0.2, 0.25) is 5.02 Å². The van der Waals surface area contributed by atoms with E-state index in [1.54, 1.807) is 7.05 Å². The van der Waals surface area contributed by atoms with E-state index in [-0.39, 0.29) is 27.7 Å². The molecule has 0 aliphatic heterocycles. The molecule has 9 heteroatoms. The molecule has 112 valence electrons. The molecule has 0 saturated carbocycles. The zero-order valence-corrected chi connectivity index (χ0v) is 12.7. The zero-order valence-electron chi connectivity index (χ0n) is 11.1. The highest BCUT2D eigenvalue weighted by Gasteiger charge is 2.22. The van der Waals surface area contributed by atoms with E-state index in [0.717, 1.165) is 6.07 Å². The Morgan fingerprint density at radius 3 is 2.55 bits per heavy atom. The first-order valence-corrected chi connectivity index (χ1v) is 7.74. The predicted molar refractivity (Wildman–Crippen MR) is 76.6 cm³/mol. The number of sulfonamides is 1. The van der Waals surface area contributed by atoms with Gasteiger partial charge in [0, 0.05) is 18.2 Å². The molecule has 0 atom stereocenters. The number of rotatable bonds is 7. The minimum atomic E-state index is -3.80.